The van der Waals surface area contributed by atoms with Gasteiger partial charge in [0.15, 0.2) is 11.5 Å². The molecule has 1 amide bonds. The van der Waals surface area contributed by atoms with Crippen LogP contribution in [0.1, 0.15) is 16.8 Å². The van der Waals surface area contributed by atoms with Gasteiger partial charge in [-0.3, -0.25) is 4.79 Å². The minimum Gasteiger partial charge on any atom is -0.493 e. The van der Waals surface area contributed by atoms with Crippen molar-refractivity contribution in [2.24, 2.45) is 0 Å². The smallest absolute Gasteiger partial charge is 0.255 e. The maximum absolute atomic E-state index is 12.4. The molecule has 3 aromatic rings. The summed E-state index contributed by atoms with van der Waals surface area (Å²) >= 11 is 0. The molecule has 0 bridgehead atoms. The van der Waals surface area contributed by atoms with E-state index in [-0.39, 0.29) is 5.91 Å². The second-order valence-electron chi connectivity index (χ2n) is 5.58. The maximum atomic E-state index is 12.4. The number of para-hydroxylation sites is 3. The molecule has 6 nitrogen and oxygen atoms in total. The van der Waals surface area contributed by atoms with Crippen LogP contribution in [-0.4, -0.2) is 36.2 Å². The number of amides is 1. The summed E-state index contributed by atoms with van der Waals surface area (Å²) < 4.78 is 12.6. The van der Waals surface area contributed by atoms with Crippen molar-refractivity contribution in [2.75, 3.05) is 20.8 Å². The van der Waals surface area contributed by atoms with E-state index < -0.39 is 0 Å². The SMILES string of the molecule is COc1cccc(C(=O)NCCCn2cnc3ccccc32)c1OC. The highest BCUT2D eigenvalue weighted by atomic mass is 16.5. The van der Waals surface area contributed by atoms with E-state index >= 15 is 0 Å². The minimum absolute atomic E-state index is 0.175. The molecule has 0 aliphatic heterocycles. The number of nitrogens with zero attached hydrogens (tertiary/aromatic N) is 2. The van der Waals surface area contributed by atoms with Crippen LogP contribution in [0, 0.1) is 0 Å². The number of carbonyl (C=O) groups is 1. The largest absolute Gasteiger partial charge is 0.493 e. The molecule has 0 spiro atoms. The lowest BCUT2D eigenvalue weighted by atomic mass is 10.1. The van der Waals surface area contributed by atoms with Crippen molar-refractivity contribution in [3.05, 3.63) is 54.4 Å². The van der Waals surface area contributed by atoms with Gasteiger partial charge in [0.25, 0.3) is 5.91 Å². The van der Waals surface area contributed by atoms with Gasteiger partial charge >= 0.3 is 0 Å². The molecule has 0 atom stereocenters. The van der Waals surface area contributed by atoms with Crippen LogP contribution in [0.3, 0.4) is 0 Å². The molecule has 1 heterocycles. The lowest BCUT2D eigenvalue weighted by Crippen LogP contribution is -2.25. The van der Waals surface area contributed by atoms with Crippen molar-refractivity contribution < 1.29 is 14.3 Å². The van der Waals surface area contributed by atoms with Crippen molar-refractivity contribution in [3.8, 4) is 11.5 Å². The molecule has 1 aromatic heterocycles. The first-order valence-electron chi connectivity index (χ1n) is 8.13. The quantitative estimate of drug-likeness (QED) is 0.672. The van der Waals surface area contributed by atoms with Gasteiger partial charge in [0.1, 0.15) is 0 Å². The average Bonchev–Trinajstić information content (AvgIpc) is 3.07. The second kappa shape index (κ2) is 7.70. The highest BCUT2D eigenvalue weighted by Crippen LogP contribution is 2.30. The molecule has 0 fully saturated rings. The summed E-state index contributed by atoms with van der Waals surface area (Å²) in [5.74, 6) is 0.814. The fourth-order valence-electron chi connectivity index (χ4n) is 2.80. The highest BCUT2D eigenvalue weighted by molar-refractivity contribution is 5.97. The Morgan fingerprint density at radius 3 is 2.76 bits per heavy atom. The number of hydrogen-bond donors (Lipinski definition) is 1. The standard InChI is InChI=1S/C19H21N3O3/c1-24-17-10-5-7-14(18(17)25-2)19(23)20-11-6-12-22-13-21-15-8-3-4-9-16(15)22/h3-5,7-10,13H,6,11-12H2,1-2H3,(H,20,23). The van der Waals surface area contributed by atoms with E-state index in [1.54, 1.807) is 25.3 Å². The average molecular weight is 339 g/mol. The van der Waals surface area contributed by atoms with Gasteiger partial charge < -0.3 is 19.4 Å². The van der Waals surface area contributed by atoms with Crippen molar-refractivity contribution in [2.45, 2.75) is 13.0 Å². The number of carbonyl (C=O) groups excluding carboxylic acids is 1. The molecule has 6 heteroatoms. The number of aromatic nitrogens is 2. The van der Waals surface area contributed by atoms with Crippen LogP contribution in [0.2, 0.25) is 0 Å². The lowest BCUT2D eigenvalue weighted by molar-refractivity contribution is 0.0949. The van der Waals surface area contributed by atoms with Crippen LogP contribution in [0.25, 0.3) is 11.0 Å². The Hall–Kier alpha value is -3.02. The van der Waals surface area contributed by atoms with Gasteiger partial charge in [-0.1, -0.05) is 18.2 Å². The summed E-state index contributed by atoms with van der Waals surface area (Å²) in [4.78, 5) is 16.8. The maximum Gasteiger partial charge on any atom is 0.255 e. The van der Waals surface area contributed by atoms with Gasteiger partial charge in [0.05, 0.1) is 37.1 Å². The van der Waals surface area contributed by atoms with Crippen LogP contribution in [-0.2, 0) is 6.54 Å². The Morgan fingerprint density at radius 1 is 1.12 bits per heavy atom. The molecule has 1 N–H and O–H groups in total. The zero-order chi connectivity index (χ0) is 17.6. The summed E-state index contributed by atoms with van der Waals surface area (Å²) in [6, 6.07) is 13.3. The van der Waals surface area contributed by atoms with Crippen LogP contribution in [0.5, 0.6) is 11.5 Å². The predicted molar refractivity (Wildman–Crippen MR) is 96.2 cm³/mol. The number of nitrogens with one attached hydrogen (secondary N) is 1. The summed E-state index contributed by atoms with van der Waals surface area (Å²) in [5.41, 5.74) is 2.55. The fraction of sp³-hybridized carbons (Fsp3) is 0.263. The third kappa shape index (κ3) is 3.57. The first-order chi connectivity index (χ1) is 12.2. The number of benzene rings is 2. The summed E-state index contributed by atoms with van der Waals surface area (Å²) in [6.45, 7) is 1.35. The Labute approximate surface area is 146 Å². The van der Waals surface area contributed by atoms with Crippen LogP contribution in [0.15, 0.2) is 48.8 Å². The number of aryl methyl sites for hydroxylation is 1. The molecule has 0 aliphatic carbocycles. The van der Waals surface area contributed by atoms with Gasteiger partial charge in [0.2, 0.25) is 0 Å². The Balaban J connectivity index is 1.58. The van der Waals surface area contributed by atoms with Crippen LogP contribution < -0.4 is 14.8 Å². The third-order valence-corrected chi connectivity index (χ3v) is 4.04. The van der Waals surface area contributed by atoms with E-state index in [0.29, 0.717) is 23.6 Å². The van der Waals surface area contributed by atoms with Gasteiger partial charge in [-0.05, 0) is 30.7 Å². The molecule has 25 heavy (non-hydrogen) atoms. The fourth-order valence-corrected chi connectivity index (χ4v) is 2.80. The number of hydrogen-bond acceptors (Lipinski definition) is 4. The van der Waals surface area contributed by atoms with Crippen molar-refractivity contribution >= 4 is 16.9 Å². The normalized spacial score (nSPS) is 10.6. The molecule has 130 valence electrons. The Bertz CT molecular complexity index is 873. The van der Waals surface area contributed by atoms with Gasteiger partial charge in [-0.15, -0.1) is 0 Å². The van der Waals surface area contributed by atoms with Crippen molar-refractivity contribution in [1.82, 2.24) is 14.9 Å². The van der Waals surface area contributed by atoms with Crippen LogP contribution in [0.4, 0.5) is 0 Å². The first kappa shape index (κ1) is 16.8. The van der Waals surface area contributed by atoms with E-state index in [4.69, 9.17) is 9.47 Å². The number of rotatable bonds is 7. The van der Waals surface area contributed by atoms with Gasteiger partial charge in [-0.25, -0.2) is 4.98 Å². The zero-order valence-electron chi connectivity index (χ0n) is 14.4. The van der Waals surface area contributed by atoms with Gasteiger partial charge in [-0.2, -0.15) is 0 Å². The van der Waals surface area contributed by atoms with E-state index in [1.165, 1.54) is 7.11 Å². The van der Waals surface area contributed by atoms with Crippen molar-refractivity contribution in [3.63, 3.8) is 0 Å². The topological polar surface area (TPSA) is 65.4 Å². The van der Waals surface area contributed by atoms with Gasteiger partial charge in [0, 0.05) is 13.1 Å². The molecule has 3 rings (SSSR count). The number of imidazole rings is 1. The number of fused-ring (bicyclic) bond motifs is 1. The van der Waals surface area contributed by atoms with E-state index in [1.807, 2.05) is 30.6 Å². The lowest BCUT2D eigenvalue weighted by Gasteiger charge is -2.12. The number of ether oxygens (including phenoxy) is 2. The molecular formula is C19H21N3O3. The minimum atomic E-state index is -0.175. The molecular weight excluding hydrogens is 318 g/mol. The molecule has 0 saturated carbocycles. The zero-order valence-corrected chi connectivity index (χ0v) is 14.4. The van der Waals surface area contributed by atoms with E-state index in [9.17, 15) is 4.79 Å². The highest BCUT2D eigenvalue weighted by Gasteiger charge is 2.15. The predicted octanol–water partition coefficient (Wildman–Crippen LogP) is 2.87. The molecule has 2 aromatic carbocycles. The second-order valence-corrected chi connectivity index (χ2v) is 5.58. The molecule has 0 unspecified atom stereocenters. The Kier molecular flexibility index (Phi) is 5.18. The summed E-state index contributed by atoms with van der Waals surface area (Å²) in [7, 11) is 3.08. The first-order valence-corrected chi connectivity index (χ1v) is 8.13. The Morgan fingerprint density at radius 2 is 1.96 bits per heavy atom. The third-order valence-electron chi connectivity index (χ3n) is 4.04. The summed E-state index contributed by atoms with van der Waals surface area (Å²) in [6.07, 6.45) is 2.63. The van der Waals surface area contributed by atoms with E-state index in [0.717, 1.165) is 24.0 Å². The van der Waals surface area contributed by atoms with Crippen LogP contribution >= 0.6 is 0 Å². The number of methoxy groups -OCH3 is 2. The molecule has 0 radical (unpaired) electrons. The monoisotopic (exact) mass is 339 g/mol. The summed E-state index contributed by atoms with van der Waals surface area (Å²) in [5, 5.41) is 2.93. The molecule has 0 saturated heterocycles. The molecule has 0 aliphatic rings. The van der Waals surface area contributed by atoms with Crippen molar-refractivity contribution in [1.29, 1.82) is 0 Å². The van der Waals surface area contributed by atoms with E-state index in [2.05, 4.69) is 14.9 Å².